The van der Waals surface area contributed by atoms with Gasteiger partial charge in [-0.1, -0.05) is 6.92 Å². The van der Waals surface area contributed by atoms with E-state index in [1.807, 2.05) is 21.0 Å². The van der Waals surface area contributed by atoms with Crippen molar-refractivity contribution >= 4 is 5.91 Å². The Kier molecular flexibility index (Phi) is 7.42. The summed E-state index contributed by atoms with van der Waals surface area (Å²) >= 11 is 0. The quantitative estimate of drug-likeness (QED) is 0.572. The summed E-state index contributed by atoms with van der Waals surface area (Å²) in [5.74, 6) is 0.167. The van der Waals surface area contributed by atoms with Crippen molar-refractivity contribution in [2.75, 3.05) is 33.7 Å². The van der Waals surface area contributed by atoms with E-state index >= 15 is 0 Å². The van der Waals surface area contributed by atoms with Crippen LogP contribution in [0.25, 0.3) is 0 Å². The molecule has 3 N–H and O–H groups in total. The molecule has 0 fully saturated rings. The first kappa shape index (κ1) is 13.4. The van der Waals surface area contributed by atoms with Gasteiger partial charge in [0.05, 0.1) is 5.92 Å². The zero-order valence-electron chi connectivity index (χ0n) is 9.55. The van der Waals surface area contributed by atoms with E-state index in [4.69, 9.17) is 5.73 Å². The van der Waals surface area contributed by atoms with Gasteiger partial charge in [0.25, 0.3) is 0 Å². The molecule has 1 atom stereocenters. The fourth-order valence-electron chi connectivity index (χ4n) is 1.36. The SMILES string of the molecule is CCC(CN)C(=O)N(C)CCCNC. The number of nitrogens with two attached hydrogens (primary N) is 1. The summed E-state index contributed by atoms with van der Waals surface area (Å²) < 4.78 is 0. The molecule has 0 aliphatic carbocycles. The maximum atomic E-state index is 11.7. The second kappa shape index (κ2) is 7.76. The maximum absolute atomic E-state index is 11.7. The smallest absolute Gasteiger partial charge is 0.226 e. The first-order valence-electron chi connectivity index (χ1n) is 5.27. The highest BCUT2D eigenvalue weighted by molar-refractivity contribution is 5.78. The highest BCUT2D eigenvalue weighted by atomic mass is 16.2. The van der Waals surface area contributed by atoms with Gasteiger partial charge < -0.3 is 16.0 Å². The topological polar surface area (TPSA) is 58.4 Å². The summed E-state index contributed by atoms with van der Waals surface area (Å²) in [4.78, 5) is 13.5. The van der Waals surface area contributed by atoms with Crippen molar-refractivity contribution < 1.29 is 4.79 Å². The summed E-state index contributed by atoms with van der Waals surface area (Å²) in [6.07, 6.45) is 1.81. The molecule has 1 amide bonds. The van der Waals surface area contributed by atoms with Crippen LogP contribution >= 0.6 is 0 Å². The van der Waals surface area contributed by atoms with Gasteiger partial charge in [-0.25, -0.2) is 0 Å². The van der Waals surface area contributed by atoms with E-state index in [1.54, 1.807) is 4.90 Å². The molecule has 0 aromatic carbocycles. The summed E-state index contributed by atoms with van der Waals surface area (Å²) in [6.45, 7) is 4.19. The fourth-order valence-corrected chi connectivity index (χ4v) is 1.36. The summed E-state index contributed by atoms with van der Waals surface area (Å²) in [5.41, 5.74) is 5.52. The minimum absolute atomic E-state index is 0.00501. The van der Waals surface area contributed by atoms with Gasteiger partial charge in [0.2, 0.25) is 5.91 Å². The number of carbonyl (C=O) groups excluding carboxylic acids is 1. The Labute approximate surface area is 86.8 Å². The number of hydrogen-bond acceptors (Lipinski definition) is 3. The Hall–Kier alpha value is -0.610. The van der Waals surface area contributed by atoms with Crippen molar-refractivity contribution in [2.24, 2.45) is 11.7 Å². The standard InChI is InChI=1S/C10H23N3O/c1-4-9(8-11)10(14)13(3)7-5-6-12-2/h9,12H,4-8,11H2,1-3H3. The van der Waals surface area contributed by atoms with Crippen LogP contribution in [0.3, 0.4) is 0 Å². The van der Waals surface area contributed by atoms with E-state index in [-0.39, 0.29) is 11.8 Å². The van der Waals surface area contributed by atoms with E-state index in [2.05, 4.69) is 5.32 Å². The Balaban J connectivity index is 3.84. The van der Waals surface area contributed by atoms with E-state index in [0.29, 0.717) is 6.54 Å². The van der Waals surface area contributed by atoms with E-state index in [0.717, 1.165) is 25.9 Å². The number of nitrogens with zero attached hydrogens (tertiary/aromatic N) is 1. The Bertz CT molecular complexity index is 157. The number of amides is 1. The molecule has 0 heterocycles. The molecule has 4 nitrogen and oxygen atoms in total. The van der Waals surface area contributed by atoms with Gasteiger partial charge in [-0.3, -0.25) is 4.79 Å². The lowest BCUT2D eigenvalue weighted by Gasteiger charge is -2.21. The van der Waals surface area contributed by atoms with Crippen LogP contribution in [-0.2, 0) is 4.79 Å². The predicted octanol–water partition coefficient (Wildman–Crippen LogP) is 0.0392. The molecule has 0 spiro atoms. The van der Waals surface area contributed by atoms with Crippen molar-refractivity contribution in [1.82, 2.24) is 10.2 Å². The van der Waals surface area contributed by atoms with Gasteiger partial charge in [-0.2, -0.15) is 0 Å². The van der Waals surface area contributed by atoms with Gasteiger partial charge in [-0.15, -0.1) is 0 Å². The molecule has 1 unspecified atom stereocenters. The zero-order valence-corrected chi connectivity index (χ0v) is 9.55. The van der Waals surface area contributed by atoms with Crippen LogP contribution in [-0.4, -0.2) is 44.5 Å². The normalized spacial score (nSPS) is 12.6. The number of rotatable bonds is 7. The van der Waals surface area contributed by atoms with Crippen LogP contribution in [0.4, 0.5) is 0 Å². The average Bonchev–Trinajstić information content (AvgIpc) is 2.19. The number of carbonyl (C=O) groups is 1. The largest absolute Gasteiger partial charge is 0.345 e. The minimum atomic E-state index is -0.00501. The first-order chi connectivity index (χ1) is 6.67. The van der Waals surface area contributed by atoms with E-state index < -0.39 is 0 Å². The molecule has 4 heteroatoms. The third-order valence-corrected chi connectivity index (χ3v) is 2.42. The lowest BCUT2D eigenvalue weighted by molar-refractivity contribution is -0.134. The molecule has 0 radical (unpaired) electrons. The van der Waals surface area contributed by atoms with Gasteiger partial charge in [0, 0.05) is 20.1 Å². The second-order valence-corrected chi connectivity index (χ2v) is 3.56. The third-order valence-electron chi connectivity index (χ3n) is 2.42. The summed E-state index contributed by atoms with van der Waals surface area (Å²) in [7, 11) is 3.76. The molecule has 0 aliphatic heterocycles. The number of nitrogens with one attached hydrogen (secondary N) is 1. The predicted molar refractivity (Wildman–Crippen MR) is 59.0 cm³/mol. The third kappa shape index (κ3) is 4.58. The van der Waals surface area contributed by atoms with Crippen LogP contribution in [0.5, 0.6) is 0 Å². The van der Waals surface area contributed by atoms with Gasteiger partial charge in [0.15, 0.2) is 0 Å². The molecule has 0 bridgehead atoms. The van der Waals surface area contributed by atoms with Gasteiger partial charge in [0.1, 0.15) is 0 Å². The Morgan fingerprint density at radius 1 is 1.57 bits per heavy atom. The van der Waals surface area contributed by atoms with Gasteiger partial charge >= 0.3 is 0 Å². The maximum Gasteiger partial charge on any atom is 0.226 e. The highest BCUT2D eigenvalue weighted by Gasteiger charge is 2.17. The lowest BCUT2D eigenvalue weighted by Crippen LogP contribution is -2.37. The summed E-state index contributed by atoms with van der Waals surface area (Å²) in [5, 5.41) is 3.06. The van der Waals surface area contributed by atoms with Crippen LogP contribution in [0.2, 0.25) is 0 Å². The molecular formula is C10H23N3O. The molecule has 0 saturated heterocycles. The Morgan fingerprint density at radius 2 is 2.21 bits per heavy atom. The minimum Gasteiger partial charge on any atom is -0.345 e. The molecule has 84 valence electrons. The molecule has 0 aromatic heterocycles. The first-order valence-corrected chi connectivity index (χ1v) is 5.27. The molecule has 0 saturated carbocycles. The van der Waals surface area contributed by atoms with Crippen LogP contribution in [0, 0.1) is 5.92 Å². The summed E-state index contributed by atoms with van der Waals surface area (Å²) in [6, 6.07) is 0. The second-order valence-electron chi connectivity index (χ2n) is 3.56. The van der Waals surface area contributed by atoms with Crippen molar-refractivity contribution in [3.63, 3.8) is 0 Å². The fraction of sp³-hybridized carbons (Fsp3) is 0.900. The van der Waals surface area contributed by atoms with Crippen LogP contribution in [0.15, 0.2) is 0 Å². The van der Waals surface area contributed by atoms with Crippen LogP contribution < -0.4 is 11.1 Å². The number of hydrogen-bond donors (Lipinski definition) is 2. The van der Waals surface area contributed by atoms with Crippen molar-refractivity contribution in [3.05, 3.63) is 0 Å². The van der Waals surface area contributed by atoms with E-state index in [9.17, 15) is 4.79 Å². The van der Waals surface area contributed by atoms with Crippen molar-refractivity contribution in [2.45, 2.75) is 19.8 Å². The average molecular weight is 201 g/mol. The van der Waals surface area contributed by atoms with Crippen LogP contribution in [0.1, 0.15) is 19.8 Å². The van der Waals surface area contributed by atoms with Crippen molar-refractivity contribution in [1.29, 1.82) is 0 Å². The molecule has 0 aromatic rings. The Morgan fingerprint density at radius 3 is 2.64 bits per heavy atom. The molecule has 14 heavy (non-hydrogen) atoms. The molecular weight excluding hydrogens is 178 g/mol. The van der Waals surface area contributed by atoms with E-state index in [1.165, 1.54) is 0 Å². The zero-order chi connectivity index (χ0) is 11.0. The lowest BCUT2D eigenvalue weighted by atomic mass is 10.1. The monoisotopic (exact) mass is 201 g/mol. The van der Waals surface area contributed by atoms with Crippen molar-refractivity contribution in [3.8, 4) is 0 Å². The highest BCUT2D eigenvalue weighted by Crippen LogP contribution is 2.04. The van der Waals surface area contributed by atoms with Gasteiger partial charge in [-0.05, 0) is 26.4 Å². The molecule has 0 rings (SSSR count). The molecule has 0 aliphatic rings.